The lowest BCUT2D eigenvalue weighted by molar-refractivity contribution is 0.102. The number of nitrogens with zero attached hydrogens (tertiary/aromatic N) is 1. The molecule has 0 radical (unpaired) electrons. The Balaban J connectivity index is 2.45. The Hall–Kier alpha value is -1.68. The van der Waals surface area contributed by atoms with Crippen LogP contribution in [0.2, 0.25) is 0 Å². The van der Waals surface area contributed by atoms with Gasteiger partial charge in [-0.15, -0.1) is 11.3 Å². The summed E-state index contributed by atoms with van der Waals surface area (Å²) in [5, 5.41) is 9.99. The van der Waals surface area contributed by atoms with E-state index in [9.17, 15) is 9.90 Å². The maximum absolute atomic E-state index is 11.3. The van der Waals surface area contributed by atoms with Gasteiger partial charge in [-0.05, 0) is 31.2 Å². The molecule has 16 heavy (non-hydrogen) atoms. The van der Waals surface area contributed by atoms with E-state index in [0.29, 0.717) is 4.88 Å². The summed E-state index contributed by atoms with van der Waals surface area (Å²) in [6, 6.07) is 6.80. The van der Waals surface area contributed by atoms with Crippen molar-refractivity contribution in [3.05, 3.63) is 34.8 Å². The Morgan fingerprint density at radius 2 is 1.94 bits per heavy atom. The van der Waals surface area contributed by atoms with E-state index in [2.05, 4.69) is 4.98 Å². The van der Waals surface area contributed by atoms with Crippen LogP contribution in [0.15, 0.2) is 24.3 Å². The average molecular weight is 233 g/mol. The number of carbonyl (C=O) groups excluding carboxylic acids is 1. The topological polar surface area (TPSA) is 50.2 Å². The van der Waals surface area contributed by atoms with Gasteiger partial charge in [-0.2, -0.15) is 0 Å². The highest BCUT2D eigenvalue weighted by molar-refractivity contribution is 7.17. The molecule has 0 spiro atoms. The fourth-order valence-corrected chi connectivity index (χ4v) is 2.42. The number of thiazole rings is 1. The lowest BCUT2D eigenvalue weighted by Gasteiger charge is -1.95. The van der Waals surface area contributed by atoms with Gasteiger partial charge in [0.2, 0.25) is 0 Å². The summed E-state index contributed by atoms with van der Waals surface area (Å²) in [6.45, 7) is 3.37. The molecule has 0 amide bonds. The summed E-state index contributed by atoms with van der Waals surface area (Å²) in [5.74, 6) is 0.267. The van der Waals surface area contributed by atoms with E-state index in [1.165, 1.54) is 11.3 Å². The van der Waals surface area contributed by atoms with E-state index in [-0.39, 0.29) is 11.5 Å². The Bertz CT molecular complexity index is 528. The van der Waals surface area contributed by atoms with Gasteiger partial charge in [0.1, 0.15) is 10.8 Å². The molecule has 0 bridgehead atoms. The van der Waals surface area contributed by atoms with Crippen LogP contribution in [0.1, 0.15) is 22.3 Å². The first-order valence-corrected chi connectivity index (χ1v) is 5.67. The van der Waals surface area contributed by atoms with Crippen molar-refractivity contribution in [2.24, 2.45) is 0 Å². The molecule has 1 heterocycles. The summed E-state index contributed by atoms with van der Waals surface area (Å²) in [6.07, 6.45) is 0. The maximum Gasteiger partial charge on any atom is 0.171 e. The minimum Gasteiger partial charge on any atom is -0.508 e. The molecular weight excluding hydrogens is 222 g/mol. The molecule has 3 nitrogen and oxygen atoms in total. The number of ketones is 1. The van der Waals surface area contributed by atoms with Crippen molar-refractivity contribution in [1.29, 1.82) is 0 Å². The van der Waals surface area contributed by atoms with E-state index in [0.717, 1.165) is 16.3 Å². The molecule has 0 aliphatic carbocycles. The summed E-state index contributed by atoms with van der Waals surface area (Å²) >= 11 is 1.38. The SMILES string of the molecule is CC(=O)c1sc(-c2ccc(O)cc2)nc1C. The number of aromatic nitrogens is 1. The summed E-state index contributed by atoms with van der Waals surface area (Å²) in [7, 11) is 0. The van der Waals surface area contributed by atoms with Crippen LogP contribution < -0.4 is 0 Å². The molecule has 1 aromatic heterocycles. The van der Waals surface area contributed by atoms with E-state index in [4.69, 9.17) is 0 Å². The third kappa shape index (κ3) is 1.97. The van der Waals surface area contributed by atoms with Crippen LogP contribution in [-0.2, 0) is 0 Å². The Morgan fingerprint density at radius 1 is 1.31 bits per heavy atom. The van der Waals surface area contributed by atoms with Crippen LogP contribution in [0.5, 0.6) is 5.75 Å². The van der Waals surface area contributed by atoms with Crippen LogP contribution in [0.3, 0.4) is 0 Å². The molecule has 2 aromatic rings. The predicted octanol–water partition coefficient (Wildman–Crippen LogP) is 3.03. The van der Waals surface area contributed by atoms with Crippen molar-refractivity contribution in [2.45, 2.75) is 13.8 Å². The maximum atomic E-state index is 11.3. The van der Waals surface area contributed by atoms with Crippen LogP contribution in [0.4, 0.5) is 0 Å². The Labute approximate surface area is 97.4 Å². The highest BCUT2D eigenvalue weighted by Crippen LogP contribution is 2.29. The molecule has 0 saturated carbocycles. The number of hydrogen-bond donors (Lipinski definition) is 1. The van der Waals surface area contributed by atoms with E-state index in [1.54, 1.807) is 31.2 Å². The van der Waals surface area contributed by atoms with Gasteiger partial charge < -0.3 is 5.11 Å². The molecular formula is C12H11NO2S. The van der Waals surface area contributed by atoms with Gasteiger partial charge in [0.25, 0.3) is 0 Å². The number of hydrogen-bond acceptors (Lipinski definition) is 4. The monoisotopic (exact) mass is 233 g/mol. The van der Waals surface area contributed by atoms with Crippen molar-refractivity contribution in [2.75, 3.05) is 0 Å². The largest absolute Gasteiger partial charge is 0.508 e. The van der Waals surface area contributed by atoms with E-state index >= 15 is 0 Å². The third-order valence-corrected chi connectivity index (χ3v) is 3.54. The first kappa shape index (κ1) is 10.8. The third-order valence-electron chi connectivity index (χ3n) is 2.23. The molecule has 0 aliphatic rings. The first-order valence-electron chi connectivity index (χ1n) is 4.85. The number of aromatic hydroxyl groups is 1. The Morgan fingerprint density at radius 3 is 2.44 bits per heavy atom. The van der Waals surface area contributed by atoms with Crippen molar-refractivity contribution < 1.29 is 9.90 Å². The zero-order chi connectivity index (χ0) is 11.7. The zero-order valence-electron chi connectivity index (χ0n) is 9.02. The van der Waals surface area contributed by atoms with Crippen LogP contribution >= 0.6 is 11.3 Å². The predicted molar refractivity (Wildman–Crippen MR) is 64.0 cm³/mol. The lowest BCUT2D eigenvalue weighted by atomic mass is 10.2. The second kappa shape index (κ2) is 4.06. The fraction of sp³-hybridized carbons (Fsp3) is 0.167. The molecule has 0 atom stereocenters. The first-order chi connectivity index (χ1) is 7.58. The van der Waals surface area contributed by atoms with Gasteiger partial charge in [0.15, 0.2) is 5.78 Å². The van der Waals surface area contributed by atoms with Gasteiger partial charge in [-0.1, -0.05) is 0 Å². The zero-order valence-corrected chi connectivity index (χ0v) is 9.84. The molecule has 1 N–H and O–H groups in total. The molecule has 0 fully saturated rings. The molecule has 82 valence electrons. The lowest BCUT2D eigenvalue weighted by Crippen LogP contribution is -1.89. The van der Waals surface area contributed by atoms with Crippen LogP contribution in [-0.4, -0.2) is 15.9 Å². The van der Waals surface area contributed by atoms with Crippen molar-refractivity contribution >= 4 is 17.1 Å². The second-order valence-electron chi connectivity index (χ2n) is 3.54. The molecule has 0 aliphatic heterocycles. The number of carbonyl (C=O) groups is 1. The van der Waals surface area contributed by atoms with Gasteiger partial charge in [-0.25, -0.2) is 4.98 Å². The highest BCUT2D eigenvalue weighted by atomic mass is 32.1. The fourth-order valence-electron chi connectivity index (χ4n) is 1.45. The molecule has 1 aromatic carbocycles. The summed E-state index contributed by atoms with van der Waals surface area (Å²) in [4.78, 5) is 16.3. The number of aryl methyl sites for hydroxylation is 1. The molecule has 0 unspecified atom stereocenters. The summed E-state index contributed by atoms with van der Waals surface area (Å²) < 4.78 is 0. The van der Waals surface area contributed by atoms with E-state index < -0.39 is 0 Å². The number of benzene rings is 1. The number of phenolic OH excluding ortho intramolecular Hbond substituents is 1. The minimum absolute atomic E-state index is 0.0417. The molecule has 4 heteroatoms. The number of Topliss-reactive ketones (excluding diaryl/α,β-unsaturated/α-hetero) is 1. The molecule has 2 rings (SSSR count). The van der Waals surface area contributed by atoms with E-state index in [1.807, 2.05) is 6.92 Å². The van der Waals surface area contributed by atoms with Gasteiger partial charge in [0, 0.05) is 12.5 Å². The normalized spacial score (nSPS) is 10.4. The standard InChI is InChI=1S/C12H11NO2S/c1-7-11(8(2)14)16-12(13-7)9-3-5-10(15)6-4-9/h3-6,15H,1-2H3. The smallest absolute Gasteiger partial charge is 0.171 e. The van der Waals surface area contributed by atoms with Crippen molar-refractivity contribution in [3.8, 4) is 16.3 Å². The van der Waals surface area contributed by atoms with Crippen LogP contribution in [0, 0.1) is 6.92 Å². The summed E-state index contributed by atoms with van der Waals surface area (Å²) in [5.41, 5.74) is 1.68. The van der Waals surface area contributed by atoms with Crippen molar-refractivity contribution in [3.63, 3.8) is 0 Å². The van der Waals surface area contributed by atoms with Gasteiger partial charge in [0.05, 0.1) is 10.6 Å². The highest BCUT2D eigenvalue weighted by Gasteiger charge is 2.12. The molecule has 0 saturated heterocycles. The quantitative estimate of drug-likeness (QED) is 0.811. The number of rotatable bonds is 2. The number of phenols is 1. The minimum atomic E-state index is 0.0417. The van der Waals surface area contributed by atoms with Gasteiger partial charge >= 0.3 is 0 Å². The van der Waals surface area contributed by atoms with Gasteiger partial charge in [-0.3, -0.25) is 4.79 Å². The van der Waals surface area contributed by atoms with Crippen molar-refractivity contribution in [1.82, 2.24) is 4.98 Å². The average Bonchev–Trinajstić information content (AvgIpc) is 2.61. The van der Waals surface area contributed by atoms with Crippen LogP contribution in [0.25, 0.3) is 10.6 Å². The second-order valence-corrected chi connectivity index (χ2v) is 4.54. The Kier molecular flexibility index (Phi) is 2.75.